The summed E-state index contributed by atoms with van der Waals surface area (Å²) in [4.78, 5) is 21.2. The average Bonchev–Trinajstić information content (AvgIpc) is 2.81. The number of hydrogen-bond donors (Lipinski definition) is 3. The van der Waals surface area contributed by atoms with Crippen molar-refractivity contribution in [3.8, 4) is 6.07 Å². The molecule has 10 heteroatoms. The van der Waals surface area contributed by atoms with E-state index in [1.807, 2.05) is 26.8 Å². The first-order valence-corrected chi connectivity index (χ1v) is 13.5. The van der Waals surface area contributed by atoms with Crippen LogP contribution in [0.4, 0.5) is 16.6 Å². The van der Waals surface area contributed by atoms with Crippen molar-refractivity contribution in [2.75, 3.05) is 17.2 Å². The number of alkyl carbamates (subject to hydrolysis) is 1. The van der Waals surface area contributed by atoms with Gasteiger partial charge in [-0.1, -0.05) is 35.7 Å². The number of amides is 1. The number of rotatable bonds is 7. The Labute approximate surface area is 228 Å². The van der Waals surface area contributed by atoms with Gasteiger partial charge in [0.1, 0.15) is 23.1 Å². The standard InChI is InChI=1S/C27H34Cl2N6O2/c1-27(2,3)37-26(36)34-23-17-5-4-6-18(23)10-16(9-17)13-31-24-20(12-30)15-33-25(35-24)32-14-19-7-8-21(28)11-22(19)29/h7-8,11,15-18,23H,4-6,9-10,13-14H2,1-3H3,(H,34,36)(H2,31,32,33,35)/t16?,17-,18+,23?. The average molecular weight is 546 g/mol. The molecule has 0 aliphatic heterocycles. The first-order valence-electron chi connectivity index (χ1n) is 12.8. The van der Waals surface area contributed by atoms with E-state index in [1.165, 1.54) is 12.6 Å². The molecular weight excluding hydrogens is 511 g/mol. The minimum absolute atomic E-state index is 0.157. The van der Waals surface area contributed by atoms with Crippen molar-refractivity contribution >= 4 is 41.1 Å². The monoisotopic (exact) mass is 544 g/mol. The third kappa shape index (κ3) is 7.39. The SMILES string of the molecule is CC(C)(C)OC(=O)NC1[C@@H]2CCC[C@H]1CC(CNc1nc(NCc3ccc(Cl)cc3Cl)ncc1C#N)C2. The quantitative estimate of drug-likeness (QED) is 0.369. The van der Waals surface area contributed by atoms with Gasteiger partial charge in [-0.3, -0.25) is 0 Å². The third-order valence-electron chi connectivity index (χ3n) is 7.04. The lowest BCUT2D eigenvalue weighted by Gasteiger charge is -2.46. The molecule has 37 heavy (non-hydrogen) atoms. The number of hydrogen-bond acceptors (Lipinski definition) is 7. The highest BCUT2D eigenvalue weighted by Gasteiger charge is 2.41. The highest BCUT2D eigenvalue weighted by Crippen LogP contribution is 2.43. The van der Waals surface area contributed by atoms with Crippen LogP contribution in [0.2, 0.25) is 10.0 Å². The Morgan fingerprint density at radius 1 is 1.19 bits per heavy atom. The van der Waals surface area contributed by atoms with E-state index >= 15 is 0 Å². The smallest absolute Gasteiger partial charge is 0.407 e. The van der Waals surface area contributed by atoms with Crippen molar-refractivity contribution < 1.29 is 9.53 Å². The molecule has 2 aliphatic rings. The van der Waals surface area contributed by atoms with Gasteiger partial charge in [0.25, 0.3) is 0 Å². The van der Waals surface area contributed by atoms with Crippen molar-refractivity contribution in [1.82, 2.24) is 15.3 Å². The molecule has 2 bridgehead atoms. The fourth-order valence-electron chi connectivity index (χ4n) is 5.48. The van der Waals surface area contributed by atoms with Crippen LogP contribution in [-0.4, -0.2) is 34.2 Å². The van der Waals surface area contributed by atoms with Crippen LogP contribution >= 0.6 is 23.2 Å². The Morgan fingerprint density at radius 3 is 2.57 bits per heavy atom. The summed E-state index contributed by atoms with van der Waals surface area (Å²) in [5, 5.41) is 20.4. The van der Waals surface area contributed by atoms with Crippen molar-refractivity contribution in [2.24, 2.45) is 17.8 Å². The molecule has 3 N–H and O–H groups in total. The van der Waals surface area contributed by atoms with Crippen molar-refractivity contribution in [1.29, 1.82) is 5.26 Å². The van der Waals surface area contributed by atoms with Crippen LogP contribution in [0.5, 0.6) is 0 Å². The Kier molecular flexibility index (Phi) is 8.66. The van der Waals surface area contributed by atoms with Crippen LogP contribution in [-0.2, 0) is 11.3 Å². The van der Waals surface area contributed by atoms with E-state index in [-0.39, 0.29) is 12.1 Å². The number of fused-ring (bicyclic) bond motifs is 2. The second kappa shape index (κ2) is 11.7. The fraction of sp³-hybridized carbons (Fsp3) is 0.556. The van der Waals surface area contributed by atoms with Gasteiger partial charge in [-0.15, -0.1) is 0 Å². The van der Waals surface area contributed by atoms with E-state index < -0.39 is 5.60 Å². The Hall–Kier alpha value is -2.76. The molecule has 0 spiro atoms. The van der Waals surface area contributed by atoms with Gasteiger partial charge in [0.05, 0.1) is 6.20 Å². The second-order valence-electron chi connectivity index (χ2n) is 11.0. The van der Waals surface area contributed by atoms with Crippen LogP contribution in [0.15, 0.2) is 24.4 Å². The second-order valence-corrected chi connectivity index (χ2v) is 11.8. The zero-order valence-electron chi connectivity index (χ0n) is 21.5. The number of benzene rings is 1. The van der Waals surface area contributed by atoms with Gasteiger partial charge >= 0.3 is 6.09 Å². The van der Waals surface area contributed by atoms with Crippen LogP contribution < -0.4 is 16.0 Å². The van der Waals surface area contributed by atoms with E-state index in [1.54, 1.807) is 12.1 Å². The summed E-state index contributed by atoms with van der Waals surface area (Å²) in [6.07, 6.45) is 6.62. The molecule has 1 amide bonds. The number of anilines is 2. The molecule has 1 aromatic carbocycles. The largest absolute Gasteiger partial charge is 0.444 e. The maximum Gasteiger partial charge on any atom is 0.407 e. The molecule has 4 rings (SSSR count). The lowest BCUT2D eigenvalue weighted by atomic mass is 9.64. The number of carbonyl (C=O) groups is 1. The predicted octanol–water partition coefficient (Wildman–Crippen LogP) is 6.40. The van der Waals surface area contributed by atoms with Gasteiger partial charge < -0.3 is 20.7 Å². The number of halogens is 2. The number of ether oxygens (including phenoxy) is 1. The van der Waals surface area contributed by atoms with Crippen molar-refractivity contribution in [3.63, 3.8) is 0 Å². The van der Waals surface area contributed by atoms with Gasteiger partial charge in [-0.05, 0) is 81.9 Å². The summed E-state index contributed by atoms with van der Waals surface area (Å²) in [5.41, 5.74) is 0.762. The minimum Gasteiger partial charge on any atom is -0.444 e. The lowest BCUT2D eigenvalue weighted by Crippen LogP contribution is -2.52. The van der Waals surface area contributed by atoms with Gasteiger partial charge in [-0.2, -0.15) is 10.2 Å². The molecule has 2 saturated carbocycles. The summed E-state index contributed by atoms with van der Waals surface area (Å²) in [7, 11) is 0. The molecular formula is C27H34Cl2N6O2. The first-order chi connectivity index (χ1) is 17.6. The molecule has 0 radical (unpaired) electrons. The molecule has 8 nitrogen and oxygen atoms in total. The third-order valence-corrected chi connectivity index (χ3v) is 7.63. The van der Waals surface area contributed by atoms with Crippen molar-refractivity contribution in [3.05, 3.63) is 45.6 Å². The fourth-order valence-corrected chi connectivity index (χ4v) is 5.95. The molecule has 1 aromatic heterocycles. The maximum atomic E-state index is 12.4. The summed E-state index contributed by atoms with van der Waals surface area (Å²) in [5.74, 6) is 2.21. The molecule has 198 valence electrons. The summed E-state index contributed by atoms with van der Waals surface area (Å²) < 4.78 is 5.51. The topological polar surface area (TPSA) is 112 Å². The zero-order valence-corrected chi connectivity index (χ0v) is 23.0. The molecule has 2 aliphatic carbocycles. The Balaban J connectivity index is 1.36. The van der Waals surface area contributed by atoms with Crippen LogP contribution in [0.3, 0.4) is 0 Å². The Bertz CT molecular complexity index is 1150. The maximum absolute atomic E-state index is 12.4. The normalized spacial score (nSPS) is 23.0. The summed E-state index contributed by atoms with van der Waals surface area (Å²) in [6, 6.07) is 7.66. The van der Waals surface area contributed by atoms with Crippen LogP contribution in [0, 0.1) is 29.1 Å². The van der Waals surface area contributed by atoms with Gasteiger partial charge in [0.15, 0.2) is 0 Å². The van der Waals surface area contributed by atoms with E-state index in [4.69, 9.17) is 27.9 Å². The number of nitrogens with one attached hydrogen (secondary N) is 3. The van der Waals surface area contributed by atoms with E-state index in [9.17, 15) is 10.1 Å². The molecule has 2 aromatic rings. The summed E-state index contributed by atoms with van der Waals surface area (Å²) in [6.45, 7) is 6.78. The number of nitriles is 1. The van der Waals surface area contributed by atoms with Gasteiger partial charge in [0.2, 0.25) is 5.95 Å². The summed E-state index contributed by atoms with van der Waals surface area (Å²) >= 11 is 12.2. The lowest BCUT2D eigenvalue weighted by molar-refractivity contribution is 0.0324. The molecule has 4 atom stereocenters. The molecule has 0 saturated heterocycles. The van der Waals surface area contributed by atoms with Crippen LogP contribution in [0.25, 0.3) is 0 Å². The number of nitrogens with zero attached hydrogens (tertiary/aromatic N) is 3. The highest BCUT2D eigenvalue weighted by molar-refractivity contribution is 6.35. The van der Waals surface area contributed by atoms with Crippen molar-refractivity contribution in [2.45, 2.75) is 71.1 Å². The highest BCUT2D eigenvalue weighted by atomic mass is 35.5. The Morgan fingerprint density at radius 2 is 1.92 bits per heavy atom. The molecule has 1 heterocycles. The predicted molar refractivity (Wildman–Crippen MR) is 146 cm³/mol. The van der Waals surface area contributed by atoms with Gasteiger partial charge in [0, 0.05) is 29.2 Å². The van der Waals surface area contributed by atoms with Crippen LogP contribution in [0.1, 0.15) is 64.0 Å². The van der Waals surface area contributed by atoms with E-state index in [0.717, 1.165) is 31.2 Å². The van der Waals surface area contributed by atoms with Gasteiger partial charge in [-0.25, -0.2) is 9.78 Å². The van der Waals surface area contributed by atoms with E-state index in [2.05, 4.69) is 32.0 Å². The molecule has 2 unspecified atom stereocenters. The van der Waals surface area contributed by atoms with E-state index in [0.29, 0.717) is 58.2 Å². The first kappa shape index (κ1) is 27.3. The number of aromatic nitrogens is 2. The number of carbonyl (C=O) groups excluding carboxylic acids is 1. The minimum atomic E-state index is -0.509. The molecule has 2 fully saturated rings. The zero-order chi connectivity index (χ0) is 26.6.